The van der Waals surface area contributed by atoms with E-state index in [1.165, 1.54) is 0 Å². The lowest BCUT2D eigenvalue weighted by Gasteiger charge is -2.01. The van der Waals surface area contributed by atoms with Crippen LogP contribution >= 0.6 is 0 Å². The Morgan fingerprint density at radius 3 is 2.58 bits per heavy atom. The van der Waals surface area contributed by atoms with Gasteiger partial charge in [0, 0.05) is 17.3 Å². The summed E-state index contributed by atoms with van der Waals surface area (Å²) in [7, 11) is 0. The first-order chi connectivity index (χ1) is 5.56. The van der Waals surface area contributed by atoms with Gasteiger partial charge in [0.1, 0.15) is 6.29 Å². The number of nitrogens with zero attached hydrogens (tertiary/aromatic N) is 1. The van der Waals surface area contributed by atoms with E-state index in [2.05, 4.69) is 0 Å². The number of aliphatic carboxylic acids is 1. The monoisotopic (exact) mass is 175 g/mol. The summed E-state index contributed by atoms with van der Waals surface area (Å²) in [6, 6.07) is 0. The second-order valence-corrected chi connectivity index (χ2v) is 2.34. The Kier molecular flexibility index (Phi) is 4.59. The molecule has 0 saturated carbocycles. The zero-order chi connectivity index (χ0) is 9.56. The van der Waals surface area contributed by atoms with Crippen molar-refractivity contribution in [2.45, 2.75) is 12.8 Å². The molecule has 0 aliphatic carbocycles. The minimum Gasteiger partial charge on any atom is -0.481 e. The van der Waals surface area contributed by atoms with E-state index in [4.69, 9.17) is 5.11 Å². The topological polar surface area (TPSA) is 97.5 Å². The third kappa shape index (κ3) is 5.33. The first-order valence-electron chi connectivity index (χ1n) is 3.35. The minimum absolute atomic E-state index is 0.0111. The SMILES string of the molecule is O=CC(CC[N+](=O)[O-])CC(=O)O. The van der Waals surface area contributed by atoms with Gasteiger partial charge in [0.2, 0.25) is 6.54 Å². The number of carboxylic acid groups (broad SMARTS) is 1. The molecule has 0 rings (SSSR count). The molecule has 0 aromatic heterocycles. The van der Waals surface area contributed by atoms with Crippen LogP contribution in [0.4, 0.5) is 0 Å². The molecule has 0 heterocycles. The molecule has 0 bridgehead atoms. The highest BCUT2D eigenvalue weighted by molar-refractivity contribution is 5.71. The van der Waals surface area contributed by atoms with Gasteiger partial charge in [-0.25, -0.2) is 0 Å². The summed E-state index contributed by atoms with van der Waals surface area (Å²) < 4.78 is 0. The van der Waals surface area contributed by atoms with Gasteiger partial charge in [0.25, 0.3) is 0 Å². The summed E-state index contributed by atoms with van der Waals surface area (Å²) in [6.07, 6.45) is 0.0950. The van der Waals surface area contributed by atoms with E-state index in [1.54, 1.807) is 0 Å². The van der Waals surface area contributed by atoms with Gasteiger partial charge in [0.15, 0.2) is 0 Å². The van der Waals surface area contributed by atoms with Gasteiger partial charge in [-0.05, 0) is 0 Å². The molecule has 0 aromatic rings. The molecule has 0 saturated heterocycles. The Morgan fingerprint density at radius 2 is 2.25 bits per heavy atom. The van der Waals surface area contributed by atoms with Crippen molar-refractivity contribution in [2.24, 2.45) is 5.92 Å². The molecular weight excluding hydrogens is 166 g/mol. The number of nitro groups is 1. The van der Waals surface area contributed by atoms with E-state index >= 15 is 0 Å². The van der Waals surface area contributed by atoms with Crippen molar-refractivity contribution in [1.82, 2.24) is 0 Å². The average Bonchev–Trinajstić information content (AvgIpc) is 1.97. The van der Waals surface area contributed by atoms with Crippen LogP contribution in [0.2, 0.25) is 0 Å². The maximum atomic E-state index is 10.2. The molecule has 68 valence electrons. The molecular formula is C6H9NO5. The van der Waals surface area contributed by atoms with Crippen LogP contribution in [0.5, 0.6) is 0 Å². The first kappa shape index (κ1) is 10.5. The molecule has 1 N–H and O–H groups in total. The Hall–Kier alpha value is -1.46. The summed E-state index contributed by atoms with van der Waals surface area (Å²) in [6.45, 7) is -0.364. The van der Waals surface area contributed by atoms with Gasteiger partial charge in [-0.3, -0.25) is 14.9 Å². The third-order valence-corrected chi connectivity index (χ3v) is 1.31. The largest absolute Gasteiger partial charge is 0.481 e. The van der Waals surface area contributed by atoms with Gasteiger partial charge in [0.05, 0.1) is 6.42 Å². The number of carbonyl (C=O) groups is 2. The summed E-state index contributed by atoms with van der Waals surface area (Å²) in [5.74, 6) is -1.86. The van der Waals surface area contributed by atoms with E-state index in [9.17, 15) is 19.7 Å². The lowest BCUT2D eigenvalue weighted by molar-refractivity contribution is -0.481. The van der Waals surface area contributed by atoms with E-state index in [0.717, 1.165) is 0 Å². The van der Waals surface area contributed by atoms with Crippen molar-refractivity contribution in [2.75, 3.05) is 6.54 Å². The van der Waals surface area contributed by atoms with Crippen molar-refractivity contribution in [1.29, 1.82) is 0 Å². The van der Waals surface area contributed by atoms with Gasteiger partial charge in [-0.15, -0.1) is 0 Å². The molecule has 0 aliphatic heterocycles. The fraction of sp³-hybridized carbons (Fsp3) is 0.667. The average molecular weight is 175 g/mol. The molecule has 0 spiro atoms. The van der Waals surface area contributed by atoms with E-state index in [0.29, 0.717) is 6.29 Å². The lowest BCUT2D eigenvalue weighted by atomic mass is 10.0. The fourth-order valence-electron chi connectivity index (χ4n) is 0.714. The summed E-state index contributed by atoms with van der Waals surface area (Å²) in [4.78, 5) is 29.5. The Bertz CT molecular complexity index is 190. The molecule has 6 heteroatoms. The molecule has 1 atom stereocenters. The predicted molar refractivity (Wildman–Crippen MR) is 38.3 cm³/mol. The third-order valence-electron chi connectivity index (χ3n) is 1.31. The van der Waals surface area contributed by atoms with Crippen molar-refractivity contribution in [3.63, 3.8) is 0 Å². The highest BCUT2D eigenvalue weighted by Gasteiger charge is 2.14. The van der Waals surface area contributed by atoms with Crippen LogP contribution in [0, 0.1) is 16.0 Å². The summed E-state index contributed by atoms with van der Waals surface area (Å²) in [5, 5.41) is 18.1. The van der Waals surface area contributed by atoms with Gasteiger partial charge in [-0.2, -0.15) is 0 Å². The molecule has 0 radical (unpaired) electrons. The standard InChI is InChI=1S/C6H9NO5/c8-4-5(3-6(9)10)1-2-7(11)12/h4-5H,1-3H2,(H,9,10). The lowest BCUT2D eigenvalue weighted by Crippen LogP contribution is -2.13. The van der Waals surface area contributed by atoms with Crippen molar-refractivity contribution in [3.05, 3.63) is 10.1 Å². The van der Waals surface area contributed by atoms with E-state index < -0.39 is 16.8 Å². The number of carbonyl (C=O) groups excluding carboxylic acids is 1. The number of hydrogen-bond acceptors (Lipinski definition) is 4. The van der Waals surface area contributed by atoms with E-state index in [1.807, 2.05) is 0 Å². The number of hydrogen-bond donors (Lipinski definition) is 1. The molecule has 0 aliphatic rings. The van der Waals surface area contributed by atoms with Crippen LogP contribution in [0.3, 0.4) is 0 Å². The fourth-order valence-corrected chi connectivity index (χ4v) is 0.714. The molecule has 0 aromatic carbocycles. The number of carboxylic acids is 1. The number of rotatable bonds is 6. The quantitative estimate of drug-likeness (QED) is 0.346. The van der Waals surface area contributed by atoms with Gasteiger partial charge >= 0.3 is 5.97 Å². The highest BCUT2D eigenvalue weighted by Crippen LogP contribution is 2.04. The predicted octanol–water partition coefficient (Wildman–Crippen LogP) is -0.0570. The van der Waals surface area contributed by atoms with Gasteiger partial charge < -0.3 is 9.90 Å². The molecule has 0 fully saturated rings. The highest BCUT2D eigenvalue weighted by atomic mass is 16.6. The van der Waals surface area contributed by atoms with Crippen LogP contribution in [-0.2, 0) is 9.59 Å². The van der Waals surface area contributed by atoms with Crippen LogP contribution in [0.25, 0.3) is 0 Å². The maximum absolute atomic E-state index is 10.2. The van der Waals surface area contributed by atoms with Crippen LogP contribution in [0.1, 0.15) is 12.8 Å². The molecule has 6 nitrogen and oxygen atoms in total. The molecule has 1 unspecified atom stereocenters. The van der Waals surface area contributed by atoms with Crippen LogP contribution in [0.15, 0.2) is 0 Å². The Labute approximate surface area is 68.3 Å². The zero-order valence-electron chi connectivity index (χ0n) is 6.30. The summed E-state index contributed by atoms with van der Waals surface area (Å²) in [5.41, 5.74) is 0. The van der Waals surface area contributed by atoms with Crippen LogP contribution in [-0.4, -0.2) is 28.8 Å². The Morgan fingerprint density at radius 1 is 1.67 bits per heavy atom. The second kappa shape index (κ2) is 5.22. The summed E-state index contributed by atoms with van der Waals surface area (Å²) >= 11 is 0. The van der Waals surface area contributed by atoms with Crippen LogP contribution < -0.4 is 0 Å². The van der Waals surface area contributed by atoms with Gasteiger partial charge in [-0.1, -0.05) is 0 Å². The van der Waals surface area contributed by atoms with Crippen molar-refractivity contribution in [3.8, 4) is 0 Å². The second-order valence-electron chi connectivity index (χ2n) is 2.34. The number of aldehydes is 1. The van der Waals surface area contributed by atoms with Crippen molar-refractivity contribution < 1.29 is 19.6 Å². The molecule has 0 amide bonds. The maximum Gasteiger partial charge on any atom is 0.304 e. The normalized spacial score (nSPS) is 12.0. The van der Waals surface area contributed by atoms with Crippen molar-refractivity contribution >= 4 is 12.3 Å². The first-order valence-corrected chi connectivity index (χ1v) is 3.35. The molecule has 12 heavy (non-hydrogen) atoms. The van der Waals surface area contributed by atoms with E-state index in [-0.39, 0.29) is 19.4 Å². The zero-order valence-corrected chi connectivity index (χ0v) is 6.30. The minimum atomic E-state index is -1.12. The Balaban J connectivity index is 3.75. The smallest absolute Gasteiger partial charge is 0.304 e.